The van der Waals surface area contributed by atoms with Crippen LogP contribution in [0.25, 0.3) is 6.08 Å². The van der Waals surface area contributed by atoms with Crippen molar-refractivity contribution < 1.29 is 23.8 Å². The second kappa shape index (κ2) is 5.52. The van der Waals surface area contributed by atoms with E-state index in [4.69, 9.17) is 14.2 Å². The van der Waals surface area contributed by atoms with Gasteiger partial charge < -0.3 is 19.5 Å². The lowest BCUT2D eigenvalue weighted by atomic mass is 10.1. The minimum atomic E-state index is -0.555. The number of hydrogen-bond donors (Lipinski definition) is 2. The molecule has 7 nitrogen and oxygen atoms in total. The summed E-state index contributed by atoms with van der Waals surface area (Å²) in [5.74, 6) is 0.993. The van der Waals surface area contributed by atoms with E-state index in [0.717, 1.165) is 0 Å². The number of benzene rings is 1. The van der Waals surface area contributed by atoms with E-state index in [1.54, 1.807) is 12.1 Å². The van der Waals surface area contributed by atoms with E-state index in [9.17, 15) is 9.59 Å². The summed E-state index contributed by atoms with van der Waals surface area (Å²) < 4.78 is 15.6. The van der Waals surface area contributed by atoms with E-state index in [0.29, 0.717) is 22.8 Å². The summed E-state index contributed by atoms with van der Waals surface area (Å²) in [6.07, 6.45) is 1.50. The SMILES string of the molecule is COc1cc(OC)c(OC)cc1C=C1NC(=O)NC1=O. The van der Waals surface area contributed by atoms with E-state index in [1.165, 1.54) is 27.4 Å². The summed E-state index contributed by atoms with van der Waals surface area (Å²) in [6, 6.07) is 2.74. The Kier molecular flexibility index (Phi) is 3.79. The summed E-state index contributed by atoms with van der Waals surface area (Å²) in [5, 5.41) is 4.53. The van der Waals surface area contributed by atoms with Gasteiger partial charge >= 0.3 is 6.03 Å². The number of methoxy groups -OCH3 is 3. The van der Waals surface area contributed by atoms with Gasteiger partial charge in [0.25, 0.3) is 5.91 Å². The fourth-order valence-corrected chi connectivity index (χ4v) is 1.80. The normalized spacial score (nSPS) is 15.8. The van der Waals surface area contributed by atoms with E-state index in [-0.39, 0.29) is 5.70 Å². The van der Waals surface area contributed by atoms with Crippen LogP contribution >= 0.6 is 0 Å². The summed E-state index contributed by atoms with van der Waals surface area (Å²) >= 11 is 0. The predicted octanol–water partition coefficient (Wildman–Crippen LogP) is 0.893. The van der Waals surface area contributed by atoms with Crippen molar-refractivity contribution in [2.75, 3.05) is 21.3 Å². The number of hydrogen-bond acceptors (Lipinski definition) is 5. The van der Waals surface area contributed by atoms with Crippen molar-refractivity contribution in [1.82, 2.24) is 10.6 Å². The Labute approximate surface area is 115 Å². The van der Waals surface area contributed by atoms with Crippen molar-refractivity contribution in [2.24, 2.45) is 0 Å². The number of imide groups is 1. The van der Waals surface area contributed by atoms with Crippen molar-refractivity contribution >= 4 is 18.0 Å². The molecule has 1 aliphatic heterocycles. The standard InChI is InChI=1S/C13H14N2O5/c1-18-9-6-11(20-3)10(19-2)5-7(9)4-8-12(16)15-13(17)14-8/h4-6H,1-3H3,(H2,14,15,16,17). The fourth-order valence-electron chi connectivity index (χ4n) is 1.80. The van der Waals surface area contributed by atoms with Gasteiger partial charge in [-0.3, -0.25) is 10.1 Å². The highest BCUT2D eigenvalue weighted by Crippen LogP contribution is 2.35. The molecule has 2 N–H and O–H groups in total. The smallest absolute Gasteiger partial charge is 0.326 e. The second-order valence-electron chi connectivity index (χ2n) is 3.92. The molecule has 2 rings (SSSR count). The van der Waals surface area contributed by atoms with Crippen molar-refractivity contribution in [2.45, 2.75) is 0 Å². The molecule has 0 bridgehead atoms. The second-order valence-corrected chi connectivity index (χ2v) is 3.92. The molecule has 1 fully saturated rings. The van der Waals surface area contributed by atoms with Gasteiger partial charge in [0, 0.05) is 11.6 Å². The van der Waals surface area contributed by atoms with Gasteiger partial charge in [-0.05, 0) is 12.1 Å². The number of rotatable bonds is 4. The molecule has 7 heteroatoms. The third-order valence-corrected chi connectivity index (χ3v) is 2.76. The highest BCUT2D eigenvalue weighted by Gasteiger charge is 2.23. The van der Waals surface area contributed by atoms with E-state index < -0.39 is 11.9 Å². The topological polar surface area (TPSA) is 85.9 Å². The van der Waals surface area contributed by atoms with Crippen LogP contribution in [0.3, 0.4) is 0 Å². The Bertz CT molecular complexity index is 595. The average molecular weight is 278 g/mol. The predicted molar refractivity (Wildman–Crippen MR) is 70.7 cm³/mol. The maximum Gasteiger partial charge on any atom is 0.326 e. The molecule has 0 spiro atoms. The fraction of sp³-hybridized carbons (Fsp3) is 0.231. The van der Waals surface area contributed by atoms with Crippen LogP contribution in [0.4, 0.5) is 4.79 Å². The van der Waals surface area contributed by atoms with Gasteiger partial charge in [-0.15, -0.1) is 0 Å². The van der Waals surface area contributed by atoms with Gasteiger partial charge in [-0.2, -0.15) is 0 Å². The lowest BCUT2D eigenvalue weighted by Crippen LogP contribution is -2.22. The van der Waals surface area contributed by atoms with Crippen LogP contribution in [0.5, 0.6) is 17.2 Å². The zero-order valence-corrected chi connectivity index (χ0v) is 11.3. The maximum absolute atomic E-state index is 11.5. The monoisotopic (exact) mass is 278 g/mol. The van der Waals surface area contributed by atoms with Crippen LogP contribution in [0, 0.1) is 0 Å². The van der Waals surface area contributed by atoms with Gasteiger partial charge in [-0.25, -0.2) is 4.79 Å². The van der Waals surface area contributed by atoms with Crippen LogP contribution in [-0.2, 0) is 4.79 Å². The molecule has 1 heterocycles. The first kappa shape index (κ1) is 13.7. The third kappa shape index (κ3) is 2.51. The lowest BCUT2D eigenvalue weighted by Gasteiger charge is -2.12. The Morgan fingerprint density at radius 1 is 0.900 bits per heavy atom. The van der Waals surface area contributed by atoms with Crippen LogP contribution in [0.2, 0.25) is 0 Å². The highest BCUT2D eigenvalue weighted by atomic mass is 16.5. The van der Waals surface area contributed by atoms with E-state index in [1.807, 2.05) is 0 Å². The molecular formula is C13H14N2O5. The third-order valence-electron chi connectivity index (χ3n) is 2.76. The number of amides is 3. The van der Waals surface area contributed by atoms with Gasteiger partial charge in [0.1, 0.15) is 11.4 Å². The molecule has 3 amide bonds. The summed E-state index contributed by atoms with van der Waals surface area (Å²) in [7, 11) is 4.52. The lowest BCUT2D eigenvalue weighted by molar-refractivity contribution is -0.115. The Balaban J connectivity index is 2.48. The quantitative estimate of drug-likeness (QED) is 0.631. The van der Waals surface area contributed by atoms with Crippen LogP contribution < -0.4 is 24.8 Å². The Hall–Kier alpha value is -2.70. The first-order valence-electron chi connectivity index (χ1n) is 5.73. The molecule has 0 unspecified atom stereocenters. The largest absolute Gasteiger partial charge is 0.496 e. The molecule has 1 aromatic rings. The van der Waals surface area contributed by atoms with Crippen molar-refractivity contribution in [3.05, 3.63) is 23.4 Å². The molecular weight excluding hydrogens is 264 g/mol. The van der Waals surface area contributed by atoms with Gasteiger partial charge in [0.05, 0.1) is 21.3 Å². The minimum Gasteiger partial charge on any atom is -0.496 e. The van der Waals surface area contributed by atoms with E-state index in [2.05, 4.69) is 10.6 Å². The Morgan fingerprint density at radius 2 is 1.50 bits per heavy atom. The Morgan fingerprint density at radius 3 is 2.00 bits per heavy atom. The van der Waals surface area contributed by atoms with E-state index >= 15 is 0 Å². The first-order valence-corrected chi connectivity index (χ1v) is 5.73. The van der Waals surface area contributed by atoms with Gasteiger partial charge in [0.15, 0.2) is 11.5 Å². The maximum atomic E-state index is 11.5. The van der Waals surface area contributed by atoms with Crippen molar-refractivity contribution in [3.63, 3.8) is 0 Å². The summed E-state index contributed by atoms with van der Waals surface area (Å²) in [5.41, 5.74) is 0.720. The molecule has 1 aromatic carbocycles. The number of carbonyl (C=O) groups excluding carboxylic acids is 2. The molecule has 0 aliphatic carbocycles. The molecule has 1 saturated heterocycles. The molecule has 20 heavy (non-hydrogen) atoms. The highest BCUT2D eigenvalue weighted by molar-refractivity contribution is 6.14. The molecule has 0 aromatic heterocycles. The average Bonchev–Trinajstić information content (AvgIpc) is 2.76. The molecule has 106 valence electrons. The summed E-state index contributed by atoms with van der Waals surface area (Å²) in [6.45, 7) is 0. The van der Waals surface area contributed by atoms with Crippen LogP contribution in [0.1, 0.15) is 5.56 Å². The molecule has 0 saturated carbocycles. The van der Waals surface area contributed by atoms with Gasteiger partial charge in [-0.1, -0.05) is 0 Å². The minimum absolute atomic E-state index is 0.139. The van der Waals surface area contributed by atoms with Gasteiger partial charge in [0.2, 0.25) is 0 Å². The summed E-state index contributed by atoms with van der Waals surface area (Å²) in [4.78, 5) is 22.6. The van der Waals surface area contributed by atoms with Crippen LogP contribution in [0.15, 0.2) is 17.8 Å². The zero-order valence-electron chi connectivity index (χ0n) is 11.3. The number of urea groups is 1. The number of nitrogens with one attached hydrogen (secondary N) is 2. The molecule has 0 atom stereocenters. The zero-order chi connectivity index (χ0) is 14.7. The van der Waals surface area contributed by atoms with Crippen molar-refractivity contribution in [1.29, 1.82) is 0 Å². The number of carbonyl (C=O) groups is 2. The number of ether oxygens (including phenoxy) is 3. The molecule has 0 radical (unpaired) electrons. The van der Waals surface area contributed by atoms with Crippen molar-refractivity contribution in [3.8, 4) is 17.2 Å². The first-order chi connectivity index (χ1) is 9.58. The molecule has 1 aliphatic rings. The van der Waals surface area contributed by atoms with Crippen LogP contribution in [-0.4, -0.2) is 33.3 Å².